The van der Waals surface area contributed by atoms with E-state index in [0.29, 0.717) is 6.42 Å². The summed E-state index contributed by atoms with van der Waals surface area (Å²) in [5.41, 5.74) is 2.71. The molecule has 0 bridgehead atoms. The normalized spacial score (nSPS) is 21.0. The summed E-state index contributed by atoms with van der Waals surface area (Å²) in [7, 11) is 0. The molecule has 0 saturated carbocycles. The first-order chi connectivity index (χ1) is 12.7. The Morgan fingerprint density at radius 3 is 2.65 bits per heavy atom. The van der Waals surface area contributed by atoms with Crippen LogP contribution in [0.3, 0.4) is 0 Å². The number of hydrazone groups is 1. The summed E-state index contributed by atoms with van der Waals surface area (Å²) in [5.74, 6) is 2.65. The minimum absolute atomic E-state index is 0.0463. The van der Waals surface area contributed by atoms with Gasteiger partial charge in [-0.3, -0.25) is 0 Å². The van der Waals surface area contributed by atoms with Crippen LogP contribution >= 0.6 is 0 Å². The summed E-state index contributed by atoms with van der Waals surface area (Å²) in [5, 5.41) is 17.0. The topological polar surface area (TPSA) is 58.2 Å². The molecular formula is C21H18N2O3. The van der Waals surface area contributed by atoms with Crippen molar-refractivity contribution >= 4 is 5.71 Å². The maximum absolute atomic E-state index is 10.2. The highest BCUT2D eigenvalue weighted by molar-refractivity contribution is 6.04. The van der Waals surface area contributed by atoms with E-state index in [1.807, 2.05) is 60.5 Å². The van der Waals surface area contributed by atoms with Crippen LogP contribution in [0.25, 0.3) is 0 Å². The van der Waals surface area contributed by atoms with Crippen molar-refractivity contribution in [1.82, 2.24) is 5.01 Å². The molecular weight excluding hydrogens is 328 g/mol. The number of rotatable bonds is 2. The van der Waals surface area contributed by atoms with Gasteiger partial charge < -0.3 is 14.3 Å². The number of aryl methyl sites for hydroxylation is 1. The van der Waals surface area contributed by atoms with E-state index in [2.05, 4.69) is 6.07 Å². The first-order valence-electron chi connectivity index (χ1n) is 8.67. The molecule has 0 radical (unpaired) electrons. The monoisotopic (exact) mass is 346 g/mol. The minimum atomic E-state index is -0.424. The number of aromatic hydroxyl groups is 1. The summed E-state index contributed by atoms with van der Waals surface area (Å²) in [4.78, 5) is 0. The van der Waals surface area contributed by atoms with Gasteiger partial charge in [0.15, 0.2) is 5.76 Å². The fraction of sp³-hybridized carbons (Fsp3) is 0.190. The predicted octanol–water partition coefficient (Wildman–Crippen LogP) is 4.54. The number of benzene rings is 2. The summed E-state index contributed by atoms with van der Waals surface area (Å²) in [6, 6.07) is 19.2. The second-order valence-electron chi connectivity index (χ2n) is 6.62. The Morgan fingerprint density at radius 1 is 1.04 bits per heavy atom. The lowest BCUT2D eigenvalue weighted by molar-refractivity contribution is -0.0329. The highest BCUT2D eigenvalue weighted by Crippen LogP contribution is 2.47. The predicted molar refractivity (Wildman–Crippen MR) is 97.1 cm³/mol. The molecule has 1 N–H and O–H groups in total. The molecule has 2 atom stereocenters. The summed E-state index contributed by atoms with van der Waals surface area (Å²) in [6.07, 6.45) is 0.278. The van der Waals surface area contributed by atoms with E-state index in [0.717, 1.165) is 34.1 Å². The molecule has 5 rings (SSSR count). The first-order valence-corrected chi connectivity index (χ1v) is 8.67. The van der Waals surface area contributed by atoms with Gasteiger partial charge in [0.25, 0.3) is 0 Å². The van der Waals surface area contributed by atoms with E-state index in [9.17, 15) is 5.11 Å². The zero-order valence-corrected chi connectivity index (χ0v) is 14.3. The van der Waals surface area contributed by atoms with Crippen molar-refractivity contribution in [2.75, 3.05) is 0 Å². The third-order valence-electron chi connectivity index (χ3n) is 4.92. The molecule has 3 aromatic rings. The molecule has 26 heavy (non-hydrogen) atoms. The number of fused-ring (bicyclic) bond motifs is 3. The van der Waals surface area contributed by atoms with Gasteiger partial charge >= 0.3 is 0 Å². The number of furan rings is 1. The number of phenolic OH excluding ortho intramolecular Hbond substituents is 1. The number of phenols is 1. The van der Waals surface area contributed by atoms with Gasteiger partial charge in [0.05, 0.1) is 11.8 Å². The van der Waals surface area contributed by atoms with Crippen molar-refractivity contribution in [2.24, 2.45) is 5.10 Å². The van der Waals surface area contributed by atoms with Crippen molar-refractivity contribution < 1.29 is 14.3 Å². The van der Waals surface area contributed by atoms with Gasteiger partial charge in [-0.05, 0) is 37.3 Å². The first kappa shape index (κ1) is 15.1. The van der Waals surface area contributed by atoms with Crippen LogP contribution < -0.4 is 4.74 Å². The lowest BCUT2D eigenvalue weighted by Crippen LogP contribution is -2.33. The smallest absolute Gasteiger partial charge is 0.246 e. The lowest BCUT2D eigenvalue weighted by Gasteiger charge is -2.36. The van der Waals surface area contributed by atoms with E-state index in [4.69, 9.17) is 14.3 Å². The van der Waals surface area contributed by atoms with Crippen LogP contribution in [0.5, 0.6) is 11.5 Å². The van der Waals surface area contributed by atoms with Crippen molar-refractivity contribution in [2.45, 2.75) is 25.6 Å². The Hall–Kier alpha value is -3.21. The van der Waals surface area contributed by atoms with E-state index in [1.165, 1.54) is 0 Å². The van der Waals surface area contributed by atoms with E-state index < -0.39 is 6.23 Å². The molecule has 0 amide bonds. The van der Waals surface area contributed by atoms with Crippen LogP contribution in [0.2, 0.25) is 0 Å². The Morgan fingerprint density at radius 2 is 1.85 bits per heavy atom. The molecule has 2 aliphatic rings. The Labute approximate surface area is 151 Å². The highest BCUT2D eigenvalue weighted by Gasteiger charge is 2.42. The van der Waals surface area contributed by atoms with Crippen LogP contribution in [0, 0.1) is 6.92 Å². The van der Waals surface area contributed by atoms with Crippen LogP contribution in [-0.2, 0) is 0 Å². The van der Waals surface area contributed by atoms with Crippen molar-refractivity contribution in [3.63, 3.8) is 0 Å². The van der Waals surface area contributed by atoms with E-state index in [1.54, 1.807) is 6.07 Å². The van der Waals surface area contributed by atoms with Gasteiger partial charge in [-0.25, -0.2) is 5.01 Å². The van der Waals surface area contributed by atoms with Gasteiger partial charge in [-0.2, -0.15) is 5.10 Å². The molecule has 1 aromatic heterocycles. The molecule has 3 heterocycles. The lowest BCUT2D eigenvalue weighted by atomic mass is 9.96. The average molecular weight is 346 g/mol. The summed E-state index contributed by atoms with van der Waals surface area (Å²) >= 11 is 0. The van der Waals surface area contributed by atoms with E-state index in [-0.39, 0.29) is 11.8 Å². The Kier molecular flexibility index (Phi) is 3.28. The van der Waals surface area contributed by atoms with Crippen molar-refractivity contribution in [3.8, 4) is 11.5 Å². The van der Waals surface area contributed by atoms with Crippen LogP contribution in [0.1, 0.15) is 41.3 Å². The SMILES string of the molecule is Cc1ccc(C2Oc3ccccc3C3CC(c4ccccc4O)=NN32)o1. The van der Waals surface area contributed by atoms with Gasteiger partial charge in [0, 0.05) is 17.5 Å². The Bertz CT molecular complexity index is 1010. The number of para-hydroxylation sites is 2. The molecule has 5 nitrogen and oxygen atoms in total. The number of hydrogen-bond acceptors (Lipinski definition) is 5. The third-order valence-corrected chi connectivity index (χ3v) is 4.92. The standard InChI is InChI=1S/C21H18N2O3/c1-13-10-11-20(25-13)21-23-17(15-7-3-5-9-19(15)26-21)12-16(22-23)14-6-2-4-8-18(14)24/h2-11,17,21,24H,12H2,1H3. The number of nitrogens with zero attached hydrogens (tertiary/aromatic N) is 2. The average Bonchev–Trinajstić information content (AvgIpc) is 3.28. The number of ether oxygens (including phenoxy) is 1. The molecule has 2 aliphatic heterocycles. The molecule has 0 saturated heterocycles. The third kappa shape index (κ3) is 2.28. The van der Waals surface area contributed by atoms with Crippen LogP contribution in [0.15, 0.2) is 70.2 Å². The molecule has 130 valence electrons. The summed E-state index contributed by atoms with van der Waals surface area (Å²) < 4.78 is 12.0. The van der Waals surface area contributed by atoms with Gasteiger partial charge in [0.1, 0.15) is 17.3 Å². The Balaban J connectivity index is 1.61. The molecule has 0 spiro atoms. The number of hydrogen-bond donors (Lipinski definition) is 1. The zero-order valence-electron chi connectivity index (χ0n) is 14.3. The maximum atomic E-state index is 10.2. The van der Waals surface area contributed by atoms with Crippen molar-refractivity contribution in [3.05, 3.63) is 83.3 Å². The quantitative estimate of drug-likeness (QED) is 0.740. The summed E-state index contributed by atoms with van der Waals surface area (Å²) in [6.45, 7) is 1.92. The molecule has 2 unspecified atom stereocenters. The molecule has 5 heteroatoms. The van der Waals surface area contributed by atoms with Crippen molar-refractivity contribution in [1.29, 1.82) is 0 Å². The van der Waals surface area contributed by atoms with Gasteiger partial charge in [0.2, 0.25) is 6.23 Å². The molecule has 2 aromatic carbocycles. The van der Waals surface area contributed by atoms with E-state index >= 15 is 0 Å². The van der Waals surface area contributed by atoms with Gasteiger partial charge in [-0.1, -0.05) is 30.3 Å². The maximum Gasteiger partial charge on any atom is 0.246 e. The highest BCUT2D eigenvalue weighted by atomic mass is 16.5. The van der Waals surface area contributed by atoms with Crippen LogP contribution in [-0.4, -0.2) is 15.8 Å². The largest absolute Gasteiger partial charge is 0.507 e. The zero-order chi connectivity index (χ0) is 17.7. The second-order valence-corrected chi connectivity index (χ2v) is 6.62. The minimum Gasteiger partial charge on any atom is -0.507 e. The molecule has 0 fully saturated rings. The van der Waals surface area contributed by atoms with Crippen LogP contribution in [0.4, 0.5) is 0 Å². The molecule has 0 aliphatic carbocycles. The van der Waals surface area contributed by atoms with Gasteiger partial charge in [-0.15, -0.1) is 0 Å². The fourth-order valence-corrected chi connectivity index (χ4v) is 3.69. The fourth-order valence-electron chi connectivity index (χ4n) is 3.69. The second kappa shape index (κ2) is 5.66.